The maximum Gasteiger partial charge on any atom is 0.254 e. The number of hydrogen-bond donors (Lipinski definition) is 1. The normalized spacial score (nSPS) is 24.1. The van der Waals surface area contributed by atoms with Crippen LogP contribution in [0.5, 0.6) is 0 Å². The lowest BCUT2D eigenvalue weighted by molar-refractivity contribution is 0.243. The van der Waals surface area contributed by atoms with E-state index in [1.165, 1.54) is 17.5 Å². The summed E-state index contributed by atoms with van der Waals surface area (Å²) in [5.74, 6) is 0.252. The fourth-order valence-electron chi connectivity index (χ4n) is 2.21. The number of thiazole rings is 1. The van der Waals surface area contributed by atoms with Gasteiger partial charge in [-0.2, -0.15) is 4.31 Å². The standard InChI is InChI=1S/C11H19N3O2S2/c1-8(12)10-4-3-5-14(7-10)18(15,16)11-6-13-9(2)17-11/h6,8,10H,3-5,7,12H2,1-2H3. The van der Waals surface area contributed by atoms with Crippen LogP contribution in [0, 0.1) is 12.8 Å². The molecular weight excluding hydrogens is 270 g/mol. The van der Waals surface area contributed by atoms with E-state index in [4.69, 9.17) is 5.73 Å². The number of sulfonamides is 1. The van der Waals surface area contributed by atoms with Gasteiger partial charge in [0.25, 0.3) is 10.0 Å². The van der Waals surface area contributed by atoms with Gasteiger partial charge in [0, 0.05) is 19.1 Å². The smallest absolute Gasteiger partial charge is 0.254 e. The van der Waals surface area contributed by atoms with Gasteiger partial charge in [0.15, 0.2) is 4.21 Å². The van der Waals surface area contributed by atoms with Gasteiger partial charge in [-0.05, 0) is 32.6 Å². The third-order valence-corrected chi connectivity index (χ3v) is 6.57. The highest BCUT2D eigenvalue weighted by Gasteiger charge is 2.32. The molecule has 0 saturated carbocycles. The van der Waals surface area contributed by atoms with Crippen LogP contribution in [0.25, 0.3) is 0 Å². The lowest BCUT2D eigenvalue weighted by Crippen LogP contribution is -2.44. The molecule has 1 aliphatic rings. The molecule has 18 heavy (non-hydrogen) atoms. The number of rotatable bonds is 3. The largest absolute Gasteiger partial charge is 0.328 e. The molecule has 2 N–H and O–H groups in total. The first-order valence-corrected chi connectivity index (χ1v) is 8.35. The monoisotopic (exact) mass is 289 g/mol. The van der Waals surface area contributed by atoms with Crippen LogP contribution < -0.4 is 5.73 Å². The third-order valence-electron chi connectivity index (χ3n) is 3.36. The molecule has 7 heteroatoms. The summed E-state index contributed by atoms with van der Waals surface area (Å²) < 4.78 is 26.7. The van der Waals surface area contributed by atoms with Crippen molar-refractivity contribution in [3.8, 4) is 0 Å². The summed E-state index contributed by atoms with van der Waals surface area (Å²) in [7, 11) is -3.37. The molecule has 1 aromatic heterocycles. The molecule has 1 fully saturated rings. The maximum atomic E-state index is 12.4. The minimum absolute atomic E-state index is 0.0335. The van der Waals surface area contributed by atoms with E-state index in [9.17, 15) is 8.42 Å². The summed E-state index contributed by atoms with van der Waals surface area (Å²) in [5.41, 5.74) is 5.88. The average molecular weight is 289 g/mol. The van der Waals surface area contributed by atoms with Crippen LogP contribution in [-0.4, -0.2) is 36.8 Å². The summed E-state index contributed by atoms with van der Waals surface area (Å²) in [6, 6.07) is 0.0335. The Morgan fingerprint density at radius 3 is 2.89 bits per heavy atom. The Hall–Kier alpha value is -0.500. The quantitative estimate of drug-likeness (QED) is 0.907. The van der Waals surface area contributed by atoms with E-state index < -0.39 is 10.0 Å². The Kier molecular flexibility index (Phi) is 4.05. The molecule has 1 aromatic rings. The molecule has 2 rings (SSSR count). The minimum Gasteiger partial charge on any atom is -0.328 e. The van der Waals surface area contributed by atoms with Crippen molar-refractivity contribution in [2.45, 2.75) is 36.9 Å². The van der Waals surface area contributed by atoms with Crippen molar-refractivity contribution >= 4 is 21.4 Å². The van der Waals surface area contributed by atoms with E-state index in [1.807, 2.05) is 13.8 Å². The highest BCUT2D eigenvalue weighted by molar-refractivity contribution is 7.91. The van der Waals surface area contributed by atoms with Gasteiger partial charge in [-0.25, -0.2) is 13.4 Å². The van der Waals surface area contributed by atoms with Gasteiger partial charge >= 0.3 is 0 Å². The zero-order valence-electron chi connectivity index (χ0n) is 10.7. The van der Waals surface area contributed by atoms with Crippen molar-refractivity contribution in [1.82, 2.24) is 9.29 Å². The van der Waals surface area contributed by atoms with Crippen molar-refractivity contribution in [2.75, 3.05) is 13.1 Å². The predicted molar refractivity (Wildman–Crippen MR) is 72.0 cm³/mol. The zero-order chi connectivity index (χ0) is 13.3. The molecule has 1 saturated heterocycles. The molecule has 1 aliphatic heterocycles. The molecule has 0 aromatic carbocycles. The lowest BCUT2D eigenvalue weighted by Gasteiger charge is -2.33. The van der Waals surface area contributed by atoms with Gasteiger partial charge in [0.2, 0.25) is 0 Å². The van der Waals surface area contributed by atoms with Crippen molar-refractivity contribution < 1.29 is 8.42 Å². The topological polar surface area (TPSA) is 76.3 Å². The van der Waals surface area contributed by atoms with Crippen LogP contribution in [0.4, 0.5) is 0 Å². The first kappa shape index (κ1) is 13.9. The van der Waals surface area contributed by atoms with Crippen molar-refractivity contribution in [2.24, 2.45) is 11.7 Å². The van der Waals surface area contributed by atoms with Gasteiger partial charge < -0.3 is 5.73 Å². The Balaban J connectivity index is 2.20. The molecular formula is C11H19N3O2S2. The van der Waals surface area contributed by atoms with E-state index in [2.05, 4.69) is 4.98 Å². The molecule has 0 aliphatic carbocycles. The number of piperidine rings is 1. The Morgan fingerprint density at radius 2 is 2.33 bits per heavy atom. The van der Waals surface area contributed by atoms with Crippen LogP contribution >= 0.6 is 11.3 Å². The second-order valence-corrected chi connectivity index (χ2v) is 8.22. The number of nitrogens with two attached hydrogens (primary N) is 1. The van der Waals surface area contributed by atoms with Gasteiger partial charge in [-0.15, -0.1) is 11.3 Å². The Morgan fingerprint density at radius 1 is 1.61 bits per heavy atom. The zero-order valence-corrected chi connectivity index (χ0v) is 12.3. The Bertz CT molecular complexity index is 510. The third kappa shape index (κ3) is 2.74. The highest BCUT2D eigenvalue weighted by Crippen LogP contribution is 2.27. The van der Waals surface area contributed by atoms with E-state index in [1.54, 1.807) is 4.31 Å². The molecule has 102 valence electrons. The average Bonchev–Trinajstić information content (AvgIpc) is 2.77. The molecule has 5 nitrogen and oxygen atoms in total. The van der Waals surface area contributed by atoms with E-state index in [0.717, 1.165) is 17.8 Å². The second kappa shape index (κ2) is 5.24. The van der Waals surface area contributed by atoms with Gasteiger partial charge in [-0.3, -0.25) is 0 Å². The highest BCUT2D eigenvalue weighted by atomic mass is 32.2. The van der Waals surface area contributed by atoms with Crippen LogP contribution in [-0.2, 0) is 10.0 Å². The summed E-state index contributed by atoms with van der Waals surface area (Å²) in [6.07, 6.45) is 3.33. The van der Waals surface area contributed by atoms with Gasteiger partial charge in [0.1, 0.15) is 0 Å². The molecule has 0 amide bonds. The summed E-state index contributed by atoms with van der Waals surface area (Å²) >= 11 is 1.23. The van der Waals surface area contributed by atoms with Crippen LogP contribution in [0.3, 0.4) is 0 Å². The number of aromatic nitrogens is 1. The summed E-state index contributed by atoms with van der Waals surface area (Å²) in [5, 5.41) is 0.773. The number of nitrogens with zero attached hydrogens (tertiary/aromatic N) is 2. The van der Waals surface area contributed by atoms with E-state index in [0.29, 0.717) is 17.3 Å². The molecule has 2 heterocycles. The van der Waals surface area contributed by atoms with Crippen molar-refractivity contribution in [3.63, 3.8) is 0 Å². The summed E-state index contributed by atoms with van der Waals surface area (Å²) in [4.78, 5) is 4.02. The van der Waals surface area contributed by atoms with Crippen LogP contribution in [0.15, 0.2) is 10.4 Å². The van der Waals surface area contributed by atoms with Gasteiger partial charge in [0.05, 0.1) is 11.2 Å². The first-order chi connectivity index (χ1) is 8.41. The first-order valence-electron chi connectivity index (χ1n) is 6.09. The fraction of sp³-hybridized carbons (Fsp3) is 0.727. The van der Waals surface area contributed by atoms with Crippen LogP contribution in [0.1, 0.15) is 24.8 Å². The predicted octanol–water partition coefficient (Wildman–Crippen LogP) is 1.20. The van der Waals surface area contributed by atoms with Crippen molar-refractivity contribution in [3.05, 3.63) is 11.2 Å². The maximum absolute atomic E-state index is 12.4. The molecule has 2 unspecified atom stereocenters. The van der Waals surface area contributed by atoms with Crippen molar-refractivity contribution in [1.29, 1.82) is 0 Å². The lowest BCUT2D eigenvalue weighted by atomic mass is 9.93. The SMILES string of the molecule is Cc1ncc(S(=O)(=O)N2CCCC(C(C)N)C2)s1. The molecule has 0 radical (unpaired) electrons. The van der Waals surface area contributed by atoms with E-state index in [-0.39, 0.29) is 12.0 Å². The molecule has 0 bridgehead atoms. The minimum atomic E-state index is -3.37. The van der Waals surface area contributed by atoms with Crippen LogP contribution in [0.2, 0.25) is 0 Å². The number of hydrogen-bond acceptors (Lipinski definition) is 5. The number of aryl methyl sites for hydroxylation is 1. The second-order valence-electron chi connectivity index (χ2n) is 4.82. The fourth-order valence-corrected chi connectivity index (χ4v) is 5.01. The Labute approximate surface area is 112 Å². The van der Waals surface area contributed by atoms with Gasteiger partial charge in [-0.1, -0.05) is 0 Å². The van der Waals surface area contributed by atoms with E-state index >= 15 is 0 Å². The molecule has 0 spiro atoms. The summed E-state index contributed by atoms with van der Waals surface area (Å²) in [6.45, 7) is 4.86. The molecule has 2 atom stereocenters.